The summed E-state index contributed by atoms with van der Waals surface area (Å²) < 4.78 is 39.2. The molecule has 1 saturated heterocycles. The van der Waals surface area contributed by atoms with Crippen molar-refractivity contribution in [2.75, 3.05) is 35.9 Å². The van der Waals surface area contributed by atoms with Crippen LogP contribution in [0.5, 0.6) is 0 Å². The summed E-state index contributed by atoms with van der Waals surface area (Å²) in [4.78, 5) is 15.3. The van der Waals surface area contributed by atoms with E-state index in [9.17, 15) is 8.42 Å². The second kappa shape index (κ2) is 9.21. The number of sulfonamides is 1. The second-order valence-electron chi connectivity index (χ2n) is 7.77. The molecule has 3 aromatic rings. The zero-order valence-corrected chi connectivity index (χ0v) is 19.8. The van der Waals surface area contributed by atoms with Crippen LogP contribution < -0.4 is 9.62 Å². The molecule has 1 fully saturated rings. The third kappa shape index (κ3) is 4.84. The maximum Gasteiger partial charge on any atom is 0.265 e. The predicted molar refractivity (Wildman–Crippen MR) is 124 cm³/mol. The zero-order valence-electron chi connectivity index (χ0n) is 19.0. The van der Waals surface area contributed by atoms with Crippen LogP contribution in [0.4, 0.5) is 11.5 Å². The summed E-state index contributed by atoms with van der Waals surface area (Å²) in [5.74, 6) is 7.35. The zero-order chi connectivity index (χ0) is 23.6. The van der Waals surface area contributed by atoms with Gasteiger partial charge >= 0.3 is 0 Å². The standard InChI is InChI=1S/C23H25N5O4S/c1-15-13-32-18(4)22(15)33(29,30)27-21-11-19(12-24-17(21)3)5-6-20-16(2)25-14-26-23(20)28-7-9-31-10-8-28/h11-14,27H,7-10H2,1-4H3. The van der Waals surface area contributed by atoms with Crippen molar-refractivity contribution in [2.24, 2.45) is 0 Å². The first-order valence-corrected chi connectivity index (χ1v) is 11.9. The van der Waals surface area contributed by atoms with Crippen molar-refractivity contribution in [3.8, 4) is 11.8 Å². The molecule has 1 N–H and O–H groups in total. The molecule has 33 heavy (non-hydrogen) atoms. The summed E-state index contributed by atoms with van der Waals surface area (Å²) in [6.07, 6.45) is 4.57. The topological polar surface area (TPSA) is 110 Å². The monoisotopic (exact) mass is 467 g/mol. The van der Waals surface area contributed by atoms with Gasteiger partial charge in [0, 0.05) is 30.4 Å². The third-order valence-corrected chi connectivity index (χ3v) is 6.99. The Hall–Kier alpha value is -3.42. The number of nitrogens with zero attached hydrogens (tertiary/aromatic N) is 4. The quantitative estimate of drug-likeness (QED) is 0.583. The molecule has 9 nitrogen and oxygen atoms in total. The van der Waals surface area contributed by atoms with Crippen molar-refractivity contribution in [1.29, 1.82) is 0 Å². The maximum atomic E-state index is 12.9. The molecule has 1 aliphatic rings. The van der Waals surface area contributed by atoms with Gasteiger partial charge in [0.2, 0.25) is 0 Å². The van der Waals surface area contributed by atoms with Crippen LogP contribution in [0.3, 0.4) is 0 Å². The van der Waals surface area contributed by atoms with E-state index >= 15 is 0 Å². The second-order valence-corrected chi connectivity index (χ2v) is 9.39. The van der Waals surface area contributed by atoms with Crippen LogP contribution >= 0.6 is 0 Å². The molecule has 0 radical (unpaired) electrons. The number of morpholine rings is 1. The number of rotatable bonds is 4. The summed E-state index contributed by atoms with van der Waals surface area (Å²) in [5.41, 5.74) is 3.50. The Morgan fingerprint density at radius 3 is 2.48 bits per heavy atom. The van der Waals surface area contributed by atoms with Gasteiger partial charge in [-0.15, -0.1) is 0 Å². The number of anilines is 2. The van der Waals surface area contributed by atoms with Gasteiger partial charge in [-0.2, -0.15) is 0 Å². The highest BCUT2D eigenvalue weighted by atomic mass is 32.2. The van der Waals surface area contributed by atoms with Gasteiger partial charge < -0.3 is 14.1 Å². The SMILES string of the molecule is Cc1coc(C)c1S(=O)(=O)Nc1cc(C#Cc2c(C)ncnc2N2CCOCC2)cnc1C. The van der Waals surface area contributed by atoms with Crippen LogP contribution in [0.25, 0.3) is 0 Å². The lowest BCUT2D eigenvalue weighted by atomic mass is 10.1. The minimum atomic E-state index is -3.84. The molecular weight excluding hydrogens is 442 g/mol. The summed E-state index contributed by atoms with van der Waals surface area (Å²) >= 11 is 0. The fourth-order valence-electron chi connectivity index (χ4n) is 3.62. The highest BCUT2D eigenvalue weighted by Gasteiger charge is 2.23. The molecule has 4 rings (SSSR count). The van der Waals surface area contributed by atoms with E-state index in [2.05, 4.69) is 36.4 Å². The Kier molecular flexibility index (Phi) is 6.35. The summed E-state index contributed by atoms with van der Waals surface area (Å²) in [6.45, 7) is 9.66. The molecule has 0 bridgehead atoms. The average Bonchev–Trinajstić information content (AvgIpc) is 3.14. The highest BCUT2D eigenvalue weighted by molar-refractivity contribution is 7.92. The van der Waals surface area contributed by atoms with E-state index in [0.717, 1.165) is 30.2 Å². The molecule has 4 heterocycles. The predicted octanol–water partition coefficient (Wildman–Crippen LogP) is 2.74. The lowest BCUT2D eigenvalue weighted by molar-refractivity contribution is 0.122. The van der Waals surface area contributed by atoms with Crippen molar-refractivity contribution < 1.29 is 17.6 Å². The molecule has 0 atom stereocenters. The number of aryl methyl sites for hydroxylation is 4. The number of hydrogen-bond acceptors (Lipinski definition) is 8. The summed E-state index contributed by atoms with van der Waals surface area (Å²) in [7, 11) is -3.84. The maximum absolute atomic E-state index is 12.9. The molecule has 0 unspecified atom stereocenters. The van der Waals surface area contributed by atoms with Gasteiger partial charge in [-0.1, -0.05) is 11.8 Å². The average molecular weight is 468 g/mol. The van der Waals surface area contributed by atoms with E-state index < -0.39 is 10.0 Å². The van der Waals surface area contributed by atoms with E-state index in [1.165, 1.54) is 12.6 Å². The number of nitrogens with one attached hydrogen (secondary N) is 1. The van der Waals surface area contributed by atoms with Crippen LogP contribution in [0, 0.1) is 39.5 Å². The van der Waals surface area contributed by atoms with Crippen molar-refractivity contribution in [2.45, 2.75) is 32.6 Å². The first-order chi connectivity index (χ1) is 15.8. The van der Waals surface area contributed by atoms with Crippen LogP contribution in [0.2, 0.25) is 0 Å². The number of hydrogen-bond donors (Lipinski definition) is 1. The molecule has 0 aliphatic carbocycles. The van der Waals surface area contributed by atoms with Crippen molar-refractivity contribution in [3.05, 3.63) is 58.7 Å². The lowest BCUT2D eigenvalue weighted by Gasteiger charge is -2.28. The molecular formula is C23H25N5O4S. The minimum Gasteiger partial charge on any atom is -0.468 e. The van der Waals surface area contributed by atoms with E-state index in [-0.39, 0.29) is 4.90 Å². The van der Waals surface area contributed by atoms with E-state index in [4.69, 9.17) is 9.15 Å². The highest BCUT2D eigenvalue weighted by Crippen LogP contribution is 2.26. The summed E-state index contributed by atoms with van der Waals surface area (Å²) in [6, 6.07) is 1.67. The molecule has 1 aliphatic heterocycles. The number of pyridine rings is 1. The lowest BCUT2D eigenvalue weighted by Crippen LogP contribution is -2.37. The van der Waals surface area contributed by atoms with Crippen LogP contribution in [-0.2, 0) is 14.8 Å². The van der Waals surface area contributed by atoms with Crippen molar-refractivity contribution in [1.82, 2.24) is 15.0 Å². The van der Waals surface area contributed by atoms with Gasteiger partial charge in [0.15, 0.2) is 0 Å². The Balaban J connectivity index is 1.66. The first kappa shape index (κ1) is 22.8. The van der Waals surface area contributed by atoms with Gasteiger partial charge in [-0.05, 0) is 33.8 Å². The van der Waals surface area contributed by atoms with Crippen LogP contribution in [-0.4, -0.2) is 49.7 Å². The largest absolute Gasteiger partial charge is 0.468 e. The van der Waals surface area contributed by atoms with Crippen LogP contribution in [0.15, 0.2) is 34.2 Å². The molecule has 0 aromatic carbocycles. The molecule has 172 valence electrons. The smallest absolute Gasteiger partial charge is 0.265 e. The molecule has 0 saturated carbocycles. The number of ether oxygens (including phenoxy) is 1. The van der Waals surface area contributed by atoms with Crippen LogP contribution in [0.1, 0.15) is 33.8 Å². The molecule has 0 amide bonds. The van der Waals surface area contributed by atoms with Gasteiger partial charge in [-0.3, -0.25) is 9.71 Å². The van der Waals surface area contributed by atoms with Gasteiger partial charge in [0.05, 0.1) is 42.1 Å². The Labute approximate surface area is 193 Å². The fraction of sp³-hybridized carbons (Fsp3) is 0.348. The minimum absolute atomic E-state index is 0.130. The van der Waals surface area contributed by atoms with Crippen molar-refractivity contribution in [3.63, 3.8) is 0 Å². The van der Waals surface area contributed by atoms with Gasteiger partial charge in [-0.25, -0.2) is 18.4 Å². The van der Waals surface area contributed by atoms with E-state index in [0.29, 0.717) is 41.5 Å². The number of aromatic nitrogens is 3. The van der Waals surface area contributed by atoms with E-state index in [1.807, 2.05) is 6.92 Å². The number of furan rings is 1. The Morgan fingerprint density at radius 1 is 1.03 bits per heavy atom. The van der Waals surface area contributed by atoms with Crippen molar-refractivity contribution >= 4 is 21.5 Å². The third-order valence-electron chi connectivity index (χ3n) is 5.35. The first-order valence-electron chi connectivity index (χ1n) is 10.5. The normalized spacial score (nSPS) is 14.0. The van der Waals surface area contributed by atoms with Gasteiger partial charge in [0.1, 0.15) is 22.8 Å². The Bertz CT molecular complexity index is 1330. The molecule has 3 aromatic heterocycles. The molecule has 10 heteroatoms. The van der Waals surface area contributed by atoms with E-state index in [1.54, 1.807) is 33.0 Å². The fourth-order valence-corrected chi connectivity index (χ4v) is 5.12. The Morgan fingerprint density at radius 2 is 1.79 bits per heavy atom. The van der Waals surface area contributed by atoms with Gasteiger partial charge in [0.25, 0.3) is 10.0 Å². The molecule has 0 spiro atoms. The summed E-state index contributed by atoms with van der Waals surface area (Å²) in [5, 5.41) is 0.